The van der Waals surface area contributed by atoms with Crippen molar-refractivity contribution in [1.82, 2.24) is 0 Å². The Labute approximate surface area is 214 Å². The summed E-state index contributed by atoms with van der Waals surface area (Å²) in [5.41, 5.74) is 8.52. The highest BCUT2D eigenvalue weighted by Crippen LogP contribution is 2.61. The Hall–Kier alpha value is -4.16. The van der Waals surface area contributed by atoms with Crippen LogP contribution in [-0.4, -0.2) is 42.2 Å². The van der Waals surface area contributed by atoms with Gasteiger partial charge >= 0.3 is 5.97 Å². The van der Waals surface area contributed by atoms with E-state index < -0.39 is 18.0 Å². The van der Waals surface area contributed by atoms with Crippen molar-refractivity contribution in [1.29, 1.82) is 5.26 Å². The van der Waals surface area contributed by atoms with Crippen LogP contribution in [-0.2, 0) is 37.4 Å². The molecule has 1 unspecified atom stereocenters. The van der Waals surface area contributed by atoms with Gasteiger partial charge in [-0.1, -0.05) is 24.3 Å². The Balaban J connectivity index is 1.55. The van der Waals surface area contributed by atoms with Crippen LogP contribution in [0.1, 0.15) is 42.0 Å². The van der Waals surface area contributed by atoms with Crippen LogP contribution in [0.25, 0.3) is 0 Å². The number of anilines is 1. The number of hydrogen-bond acceptors (Lipinski definition) is 6. The highest BCUT2D eigenvalue weighted by molar-refractivity contribution is 5.97. The maximum absolute atomic E-state index is 13.4. The summed E-state index contributed by atoms with van der Waals surface area (Å²) in [6, 6.07) is 12.8. The molecule has 4 rings (SSSR count). The van der Waals surface area contributed by atoms with E-state index in [1.54, 1.807) is 25.1 Å². The number of carbonyl (C=O) groups is 3. The molecule has 2 amide bonds. The molecule has 1 aliphatic heterocycles. The summed E-state index contributed by atoms with van der Waals surface area (Å²) in [6.45, 7) is 2.67. The number of carboxylic acids is 1. The third kappa shape index (κ3) is 5.65. The number of carbonyl (C=O) groups excluding carboxylic acids is 2. The van der Waals surface area contributed by atoms with Crippen LogP contribution < -0.4 is 15.8 Å². The van der Waals surface area contributed by atoms with Gasteiger partial charge in [0.05, 0.1) is 18.2 Å². The van der Waals surface area contributed by atoms with Crippen LogP contribution in [0.5, 0.6) is 5.75 Å². The lowest BCUT2D eigenvalue weighted by molar-refractivity contribution is -0.131. The summed E-state index contributed by atoms with van der Waals surface area (Å²) < 4.78 is 11.4. The molecule has 1 aliphatic carbocycles. The first-order chi connectivity index (χ1) is 17.8. The number of nitriles is 1. The molecule has 2 aromatic carbocycles. The van der Waals surface area contributed by atoms with E-state index in [1.807, 2.05) is 18.2 Å². The van der Waals surface area contributed by atoms with Crippen molar-refractivity contribution < 1.29 is 29.0 Å². The molecule has 1 spiro atoms. The molecule has 2 aromatic rings. The fourth-order valence-corrected chi connectivity index (χ4v) is 5.02. The highest BCUT2D eigenvalue weighted by atomic mass is 16.5. The van der Waals surface area contributed by atoms with Crippen molar-refractivity contribution in [2.75, 3.05) is 18.5 Å². The summed E-state index contributed by atoms with van der Waals surface area (Å²) in [6.07, 6.45) is 3.76. The quantitative estimate of drug-likeness (QED) is 0.422. The van der Waals surface area contributed by atoms with Gasteiger partial charge in [-0.2, -0.15) is 5.26 Å². The van der Waals surface area contributed by atoms with Gasteiger partial charge in [0.15, 0.2) is 0 Å². The minimum Gasteiger partial charge on any atom is -0.493 e. The average Bonchev–Trinajstić information content (AvgIpc) is 3.59. The van der Waals surface area contributed by atoms with Crippen LogP contribution in [0.4, 0.5) is 5.69 Å². The van der Waals surface area contributed by atoms with E-state index in [9.17, 15) is 19.6 Å². The largest absolute Gasteiger partial charge is 0.493 e. The highest BCUT2D eigenvalue weighted by Gasteiger charge is 2.61. The van der Waals surface area contributed by atoms with E-state index in [4.69, 9.17) is 20.3 Å². The number of ether oxygens (including phenoxy) is 2. The number of nitrogens with two attached hydrogens (primary N) is 1. The maximum atomic E-state index is 13.4. The zero-order valence-electron chi connectivity index (χ0n) is 20.5. The zero-order valence-corrected chi connectivity index (χ0v) is 20.5. The molecule has 9 heteroatoms. The average molecular weight is 504 g/mol. The normalized spacial score (nSPS) is 20.5. The van der Waals surface area contributed by atoms with Crippen molar-refractivity contribution in [3.63, 3.8) is 0 Å². The van der Waals surface area contributed by atoms with Gasteiger partial charge in [-0.15, -0.1) is 0 Å². The predicted octanol–water partition coefficient (Wildman–Crippen LogP) is 2.85. The second kappa shape index (κ2) is 10.8. The summed E-state index contributed by atoms with van der Waals surface area (Å²) in [5, 5.41) is 21.2. The molecule has 37 heavy (non-hydrogen) atoms. The second-order valence-corrected chi connectivity index (χ2v) is 9.31. The smallest absolute Gasteiger partial charge is 0.327 e. The standard InChI is InChI=1S/C28H29N3O6/c1-2-36-24(26(30)34)14-17-7-9-23-20(12-17)28(10-11-37-23)15-21(28)27(35)31-22-13-18(16-29)6-8-19(22)4-3-5-25(32)33/h3,5-9,12-13,21,24H,2,4,10-11,14-15H2,1H3,(H2,30,34)(H,31,35)(H,32,33)/t21-,24?,28-/m0/s1. The lowest BCUT2D eigenvalue weighted by atomic mass is 9.85. The second-order valence-electron chi connectivity index (χ2n) is 9.31. The third-order valence-corrected chi connectivity index (χ3v) is 6.98. The number of benzene rings is 2. The summed E-state index contributed by atoms with van der Waals surface area (Å²) in [7, 11) is 0. The van der Waals surface area contributed by atoms with Gasteiger partial charge in [0.1, 0.15) is 11.9 Å². The lowest BCUT2D eigenvalue weighted by Gasteiger charge is -2.28. The zero-order chi connectivity index (χ0) is 26.6. The summed E-state index contributed by atoms with van der Waals surface area (Å²) in [5.74, 6) is -1.32. The fraction of sp³-hybridized carbons (Fsp3) is 0.357. The fourth-order valence-electron chi connectivity index (χ4n) is 5.02. The number of fused-ring (bicyclic) bond motifs is 2. The molecule has 0 bridgehead atoms. The van der Waals surface area contributed by atoms with E-state index in [0.29, 0.717) is 55.7 Å². The number of carboxylic acid groups (broad SMARTS) is 1. The van der Waals surface area contributed by atoms with Crippen molar-refractivity contribution in [2.24, 2.45) is 11.7 Å². The molecule has 1 heterocycles. The molecule has 0 radical (unpaired) electrons. The number of primary amides is 1. The molecule has 2 aliphatic rings. The Morgan fingerprint density at radius 3 is 2.84 bits per heavy atom. The number of nitrogens with one attached hydrogen (secondary N) is 1. The van der Waals surface area contributed by atoms with Gasteiger partial charge in [0, 0.05) is 41.7 Å². The molecule has 1 fully saturated rings. The lowest BCUT2D eigenvalue weighted by Crippen LogP contribution is -2.33. The summed E-state index contributed by atoms with van der Waals surface area (Å²) >= 11 is 0. The molecular weight excluding hydrogens is 474 g/mol. The molecule has 4 N–H and O–H groups in total. The van der Waals surface area contributed by atoms with Crippen LogP contribution >= 0.6 is 0 Å². The van der Waals surface area contributed by atoms with E-state index in [1.165, 1.54) is 6.08 Å². The Kier molecular flexibility index (Phi) is 7.60. The first kappa shape index (κ1) is 25.9. The monoisotopic (exact) mass is 503 g/mol. The van der Waals surface area contributed by atoms with Gasteiger partial charge in [0.2, 0.25) is 11.8 Å². The number of nitrogens with zero attached hydrogens (tertiary/aromatic N) is 1. The molecule has 0 saturated heterocycles. The van der Waals surface area contributed by atoms with Gasteiger partial charge in [-0.3, -0.25) is 9.59 Å². The first-order valence-corrected chi connectivity index (χ1v) is 12.2. The van der Waals surface area contributed by atoms with Crippen LogP contribution in [0, 0.1) is 17.2 Å². The predicted molar refractivity (Wildman–Crippen MR) is 135 cm³/mol. The summed E-state index contributed by atoms with van der Waals surface area (Å²) in [4.78, 5) is 36.0. The van der Waals surface area contributed by atoms with Crippen LogP contribution in [0.2, 0.25) is 0 Å². The number of rotatable bonds is 10. The van der Waals surface area contributed by atoms with Crippen molar-refractivity contribution >= 4 is 23.5 Å². The number of amides is 2. The van der Waals surface area contributed by atoms with Crippen molar-refractivity contribution in [2.45, 2.75) is 44.1 Å². The van der Waals surface area contributed by atoms with Crippen molar-refractivity contribution in [3.05, 3.63) is 70.8 Å². The number of hydrogen-bond donors (Lipinski definition) is 3. The maximum Gasteiger partial charge on any atom is 0.327 e. The van der Waals surface area contributed by atoms with E-state index in [-0.39, 0.29) is 17.2 Å². The van der Waals surface area contributed by atoms with Crippen LogP contribution in [0.3, 0.4) is 0 Å². The molecule has 1 saturated carbocycles. The SMILES string of the molecule is CCOC(Cc1ccc2c(c1)[C@]1(CCO2)C[C@H]1C(=O)Nc1cc(C#N)ccc1CC=CC(=O)O)C(N)=O. The van der Waals surface area contributed by atoms with Crippen molar-refractivity contribution in [3.8, 4) is 11.8 Å². The minimum absolute atomic E-state index is 0.166. The van der Waals surface area contributed by atoms with Gasteiger partial charge in [-0.25, -0.2) is 4.79 Å². The Morgan fingerprint density at radius 2 is 2.14 bits per heavy atom. The number of allylic oxidation sites excluding steroid dienone is 1. The minimum atomic E-state index is -1.06. The van der Waals surface area contributed by atoms with E-state index >= 15 is 0 Å². The number of aliphatic carboxylic acids is 1. The van der Waals surface area contributed by atoms with Gasteiger partial charge < -0.3 is 25.6 Å². The van der Waals surface area contributed by atoms with E-state index in [0.717, 1.165) is 23.0 Å². The van der Waals surface area contributed by atoms with Crippen LogP contribution in [0.15, 0.2) is 48.6 Å². The van der Waals surface area contributed by atoms with Gasteiger partial charge in [-0.05, 0) is 55.5 Å². The van der Waals surface area contributed by atoms with Gasteiger partial charge in [0.25, 0.3) is 0 Å². The molecule has 9 nitrogen and oxygen atoms in total. The Morgan fingerprint density at radius 1 is 1.32 bits per heavy atom. The molecule has 0 aromatic heterocycles. The van der Waals surface area contributed by atoms with E-state index in [2.05, 4.69) is 11.4 Å². The molecular formula is C28H29N3O6. The molecule has 3 atom stereocenters. The molecule has 192 valence electrons. The topological polar surface area (TPSA) is 152 Å². The third-order valence-electron chi connectivity index (χ3n) is 6.98. The Bertz CT molecular complexity index is 1300. The first-order valence-electron chi connectivity index (χ1n) is 12.2.